The van der Waals surface area contributed by atoms with Gasteiger partial charge in [0.1, 0.15) is 11.8 Å². The van der Waals surface area contributed by atoms with Crippen molar-refractivity contribution in [2.45, 2.75) is 58.1 Å². The molecule has 2 heterocycles. The van der Waals surface area contributed by atoms with Gasteiger partial charge in [-0.15, -0.1) is 0 Å². The number of likely N-dealkylation sites (tertiary alicyclic amines) is 1. The minimum absolute atomic E-state index is 0.0285. The lowest BCUT2D eigenvalue weighted by Crippen LogP contribution is -2.46. The van der Waals surface area contributed by atoms with Gasteiger partial charge in [-0.05, 0) is 82.2 Å². The lowest BCUT2D eigenvalue weighted by atomic mass is 9.79. The van der Waals surface area contributed by atoms with Crippen LogP contribution in [0.15, 0.2) is 47.0 Å². The molecular formula is C29H32N4O4. The predicted octanol–water partition coefficient (Wildman–Crippen LogP) is 5.18. The SMILES string of the molecule is CC(C)Oc1ccc(-c2nc(-c3ccccc3CCC3CCN(C4CC(C(=O)O)C4)C3)no2)cc1C#N. The van der Waals surface area contributed by atoms with Gasteiger partial charge in [0.05, 0.1) is 17.6 Å². The van der Waals surface area contributed by atoms with Crippen molar-refractivity contribution in [2.24, 2.45) is 11.8 Å². The summed E-state index contributed by atoms with van der Waals surface area (Å²) < 4.78 is 11.3. The maximum atomic E-state index is 11.1. The van der Waals surface area contributed by atoms with Gasteiger partial charge in [0.15, 0.2) is 0 Å². The van der Waals surface area contributed by atoms with Crippen molar-refractivity contribution < 1.29 is 19.2 Å². The Hall–Kier alpha value is -3.70. The van der Waals surface area contributed by atoms with Crippen molar-refractivity contribution in [1.82, 2.24) is 15.0 Å². The van der Waals surface area contributed by atoms with E-state index in [0.717, 1.165) is 50.8 Å². The number of hydrogen-bond acceptors (Lipinski definition) is 7. The van der Waals surface area contributed by atoms with Crippen molar-refractivity contribution >= 4 is 5.97 Å². The molecule has 1 N–H and O–H groups in total. The van der Waals surface area contributed by atoms with Gasteiger partial charge >= 0.3 is 5.97 Å². The minimum Gasteiger partial charge on any atom is -0.490 e. The molecule has 1 aliphatic carbocycles. The van der Waals surface area contributed by atoms with Crippen molar-refractivity contribution in [2.75, 3.05) is 13.1 Å². The summed E-state index contributed by atoms with van der Waals surface area (Å²) in [6.07, 6.45) is 4.68. The number of aliphatic carboxylic acids is 1. The molecule has 1 unspecified atom stereocenters. The Morgan fingerprint density at radius 3 is 2.84 bits per heavy atom. The molecule has 0 spiro atoms. The molecule has 1 aliphatic heterocycles. The minimum atomic E-state index is -0.657. The van der Waals surface area contributed by atoms with E-state index in [9.17, 15) is 10.1 Å². The van der Waals surface area contributed by atoms with Crippen molar-refractivity contribution in [3.8, 4) is 34.7 Å². The Balaban J connectivity index is 1.24. The number of ether oxygens (including phenoxy) is 1. The maximum Gasteiger partial charge on any atom is 0.306 e. The molecule has 5 rings (SSSR count). The standard InChI is InChI=1S/C29H32N4O4/c1-18(2)36-26-10-9-21(13-23(26)16-30)28-31-27(32-37-28)25-6-4-3-5-20(25)8-7-19-11-12-33(17-19)24-14-22(15-24)29(34)35/h3-6,9-10,13,18-19,22,24H,7-8,11-12,14-15,17H2,1-2H3,(H,34,35). The number of aryl methyl sites for hydroxylation is 1. The molecule has 2 fully saturated rings. The third kappa shape index (κ3) is 5.52. The number of rotatable bonds is 9. The molecule has 0 amide bonds. The first-order valence-corrected chi connectivity index (χ1v) is 13.0. The predicted molar refractivity (Wildman–Crippen MR) is 138 cm³/mol. The summed E-state index contributed by atoms with van der Waals surface area (Å²) in [4.78, 5) is 18.2. The topological polar surface area (TPSA) is 112 Å². The van der Waals surface area contributed by atoms with Crippen LogP contribution in [-0.4, -0.2) is 51.4 Å². The second-order valence-electron chi connectivity index (χ2n) is 10.4. The number of carboxylic acid groups (broad SMARTS) is 1. The summed E-state index contributed by atoms with van der Waals surface area (Å²) in [6, 6.07) is 16.1. The quantitative estimate of drug-likeness (QED) is 0.428. The first-order chi connectivity index (χ1) is 17.9. The Kier molecular flexibility index (Phi) is 7.24. The summed E-state index contributed by atoms with van der Waals surface area (Å²) >= 11 is 0. The Labute approximate surface area is 216 Å². The molecule has 1 atom stereocenters. The van der Waals surface area contributed by atoms with Gasteiger partial charge in [-0.3, -0.25) is 4.79 Å². The van der Waals surface area contributed by atoms with Gasteiger partial charge < -0.3 is 19.3 Å². The van der Waals surface area contributed by atoms with E-state index in [1.54, 1.807) is 12.1 Å². The van der Waals surface area contributed by atoms with E-state index in [-0.39, 0.29) is 12.0 Å². The zero-order valence-electron chi connectivity index (χ0n) is 21.3. The number of nitriles is 1. The highest BCUT2D eigenvalue weighted by Gasteiger charge is 2.40. The van der Waals surface area contributed by atoms with E-state index in [0.29, 0.717) is 40.6 Å². The molecule has 192 valence electrons. The Morgan fingerprint density at radius 1 is 1.27 bits per heavy atom. The largest absolute Gasteiger partial charge is 0.490 e. The monoisotopic (exact) mass is 500 g/mol. The average Bonchev–Trinajstić information content (AvgIpc) is 3.52. The van der Waals surface area contributed by atoms with E-state index in [4.69, 9.17) is 14.4 Å². The van der Waals surface area contributed by atoms with Crippen LogP contribution in [0.1, 0.15) is 50.7 Å². The van der Waals surface area contributed by atoms with E-state index in [2.05, 4.69) is 27.2 Å². The third-order valence-corrected chi connectivity index (χ3v) is 7.51. The van der Waals surface area contributed by atoms with E-state index in [1.807, 2.05) is 38.1 Å². The van der Waals surface area contributed by atoms with E-state index < -0.39 is 5.97 Å². The van der Waals surface area contributed by atoms with Crippen LogP contribution in [0, 0.1) is 23.2 Å². The number of benzene rings is 2. The van der Waals surface area contributed by atoms with Gasteiger partial charge in [-0.25, -0.2) is 0 Å². The van der Waals surface area contributed by atoms with Gasteiger partial charge in [-0.2, -0.15) is 10.2 Å². The second kappa shape index (κ2) is 10.7. The molecule has 2 aromatic carbocycles. The average molecular weight is 501 g/mol. The number of nitrogens with zero attached hydrogens (tertiary/aromatic N) is 4. The lowest BCUT2D eigenvalue weighted by Gasteiger charge is -2.39. The summed E-state index contributed by atoms with van der Waals surface area (Å²) in [5, 5.41) is 22.9. The molecule has 1 saturated carbocycles. The number of aromatic nitrogens is 2. The first-order valence-electron chi connectivity index (χ1n) is 13.0. The van der Waals surface area contributed by atoms with Gasteiger partial charge in [0.25, 0.3) is 5.89 Å². The van der Waals surface area contributed by atoms with Gasteiger partial charge in [0, 0.05) is 23.7 Å². The highest BCUT2D eigenvalue weighted by atomic mass is 16.5. The highest BCUT2D eigenvalue weighted by molar-refractivity contribution is 5.71. The van der Waals surface area contributed by atoms with Gasteiger partial charge in [0.2, 0.25) is 5.82 Å². The fraction of sp³-hybridized carbons (Fsp3) is 0.448. The highest BCUT2D eigenvalue weighted by Crippen LogP contribution is 2.36. The summed E-state index contributed by atoms with van der Waals surface area (Å²) in [5.74, 6) is 1.23. The van der Waals surface area contributed by atoms with Crippen LogP contribution >= 0.6 is 0 Å². The van der Waals surface area contributed by atoms with Crippen LogP contribution < -0.4 is 4.74 Å². The molecule has 3 aromatic rings. The number of carbonyl (C=O) groups is 1. The van der Waals surface area contributed by atoms with Crippen LogP contribution in [0.4, 0.5) is 0 Å². The van der Waals surface area contributed by atoms with Crippen molar-refractivity contribution in [1.29, 1.82) is 5.26 Å². The molecule has 0 radical (unpaired) electrons. The fourth-order valence-electron chi connectivity index (χ4n) is 5.39. The molecular weight excluding hydrogens is 468 g/mol. The zero-order chi connectivity index (χ0) is 25.9. The maximum absolute atomic E-state index is 11.1. The van der Waals surface area contributed by atoms with Crippen LogP contribution in [0.5, 0.6) is 5.75 Å². The van der Waals surface area contributed by atoms with Crippen LogP contribution in [-0.2, 0) is 11.2 Å². The van der Waals surface area contributed by atoms with E-state index >= 15 is 0 Å². The summed E-state index contributed by atoms with van der Waals surface area (Å²) in [6.45, 7) is 5.95. The number of carboxylic acids is 1. The molecule has 8 nitrogen and oxygen atoms in total. The normalized spacial score (nSPS) is 21.5. The van der Waals surface area contributed by atoms with Crippen molar-refractivity contribution in [3.05, 3.63) is 53.6 Å². The Bertz CT molecular complexity index is 1310. The van der Waals surface area contributed by atoms with E-state index in [1.165, 1.54) is 5.56 Å². The fourth-order valence-corrected chi connectivity index (χ4v) is 5.39. The molecule has 1 saturated heterocycles. The second-order valence-corrected chi connectivity index (χ2v) is 10.4. The van der Waals surface area contributed by atoms with Crippen LogP contribution in [0.2, 0.25) is 0 Å². The third-order valence-electron chi connectivity index (χ3n) is 7.51. The molecule has 2 aliphatic rings. The molecule has 37 heavy (non-hydrogen) atoms. The molecule has 8 heteroatoms. The molecule has 1 aromatic heterocycles. The number of hydrogen-bond donors (Lipinski definition) is 1. The van der Waals surface area contributed by atoms with Crippen LogP contribution in [0.25, 0.3) is 22.8 Å². The van der Waals surface area contributed by atoms with Crippen molar-refractivity contribution in [3.63, 3.8) is 0 Å². The van der Waals surface area contributed by atoms with Crippen LogP contribution in [0.3, 0.4) is 0 Å². The summed E-state index contributed by atoms with van der Waals surface area (Å²) in [7, 11) is 0. The van der Waals surface area contributed by atoms with Gasteiger partial charge in [-0.1, -0.05) is 29.4 Å². The Morgan fingerprint density at radius 2 is 2.08 bits per heavy atom. The zero-order valence-corrected chi connectivity index (χ0v) is 21.3. The lowest BCUT2D eigenvalue weighted by molar-refractivity contribution is -0.146. The smallest absolute Gasteiger partial charge is 0.306 e. The molecule has 0 bridgehead atoms. The first kappa shape index (κ1) is 25.0. The summed E-state index contributed by atoms with van der Waals surface area (Å²) in [5.41, 5.74) is 3.24.